The molecule has 1 fully saturated rings. The van der Waals surface area contributed by atoms with Crippen LogP contribution in [-0.4, -0.2) is 56.5 Å². The summed E-state index contributed by atoms with van der Waals surface area (Å²) in [5.74, 6) is 0.969. The summed E-state index contributed by atoms with van der Waals surface area (Å²) in [7, 11) is 0. The number of hydrogen-bond donors (Lipinski definition) is 2. The number of carbonyl (C=O) groups excluding carboxylic acids is 1. The number of aromatic nitrogens is 4. The average molecular weight is 398 g/mol. The molecule has 3 N–H and O–H groups in total. The van der Waals surface area contributed by atoms with E-state index in [-0.39, 0.29) is 18.0 Å². The molecule has 28 heavy (non-hydrogen) atoms. The number of rotatable bonds is 2. The molecule has 1 atom stereocenters. The van der Waals surface area contributed by atoms with Crippen LogP contribution in [0.1, 0.15) is 18.3 Å². The van der Waals surface area contributed by atoms with Gasteiger partial charge in [0, 0.05) is 31.4 Å². The predicted octanol–water partition coefficient (Wildman–Crippen LogP) is 2.42. The van der Waals surface area contributed by atoms with Gasteiger partial charge in [-0.25, -0.2) is 14.8 Å². The van der Waals surface area contributed by atoms with Gasteiger partial charge in [0.1, 0.15) is 5.52 Å². The molecule has 0 saturated carbocycles. The molecule has 1 aliphatic rings. The van der Waals surface area contributed by atoms with E-state index in [2.05, 4.69) is 37.1 Å². The van der Waals surface area contributed by atoms with Crippen LogP contribution in [-0.2, 0) is 0 Å². The number of nitrogens with two attached hydrogens (primary N) is 1. The Bertz CT molecular complexity index is 1040. The predicted molar refractivity (Wildman–Crippen MR) is 111 cm³/mol. The van der Waals surface area contributed by atoms with Gasteiger partial charge < -0.3 is 20.9 Å². The van der Waals surface area contributed by atoms with E-state index in [4.69, 9.17) is 5.73 Å². The summed E-state index contributed by atoms with van der Waals surface area (Å²) >= 11 is 1.44. The molecule has 1 saturated heterocycles. The molecule has 0 aromatic carbocycles. The van der Waals surface area contributed by atoms with Crippen LogP contribution in [0.3, 0.4) is 0 Å². The summed E-state index contributed by atoms with van der Waals surface area (Å²) < 4.78 is 0. The molecule has 1 aliphatic heterocycles. The number of aryl methyl sites for hydroxylation is 2. The Morgan fingerprint density at radius 1 is 1.25 bits per heavy atom. The molecule has 4 rings (SSSR count). The molecule has 2 amide bonds. The fourth-order valence-corrected chi connectivity index (χ4v) is 4.09. The normalized spacial score (nSPS) is 17.2. The zero-order chi connectivity index (χ0) is 19.8. The van der Waals surface area contributed by atoms with Crippen molar-refractivity contribution in [3.63, 3.8) is 0 Å². The second kappa shape index (κ2) is 7.19. The van der Waals surface area contributed by atoms with Gasteiger partial charge in [-0.05, 0) is 32.9 Å². The number of nitrogen functional groups attached to an aromatic ring is 1. The van der Waals surface area contributed by atoms with Gasteiger partial charge in [-0.15, -0.1) is 11.3 Å². The lowest BCUT2D eigenvalue weighted by atomic mass is 10.2. The minimum Gasteiger partial charge on any atom is -0.368 e. The van der Waals surface area contributed by atoms with E-state index in [0.29, 0.717) is 19.6 Å². The second-order valence-electron chi connectivity index (χ2n) is 6.92. The zero-order valence-corrected chi connectivity index (χ0v) is 16.8. The topological polar surface area (TPSA) is 113 Å². The number of pyridine rings is 1. The van der Waals surface area contributed by atoms with E-state index < -0.39 is 0 Å². The van der Waals surface area contributed by atoms with Gasteiger partial charge in [0.25, 0.3) is 0 Å². The van der Waals surface area contributed by atoms with Gasteiger partial charge in [-0.2, -0.15) is 4.98 Å². The SMILES string of the molecule is Cc1ccc(NC(=O)N2CCN(c3nc(N)nc4scnc34)[C@@H](C)C2)c(C)n1. The molecular weight excluding hydrogens is 376 g/mol. The number of piperazine rings is 1. The number of nitrogens with zero attached hydrogens (tertiary/aromatic N) is 6. The zero-order valence-electron chi connectivity index (χ0n) is 16.0. The highest BCUT2D eigenvalue weighted by Gasteiger charge is 2.29. The number of fused-ring (bicyclic) bond motifs is 1. The van der Waals surface area contributed by atoms with Crippen molar-refractivity contribution in [2.24, 2.45) is 0 Å². The summed E-state index contributed by atoms with van der Waals surface area (Å²) in [6, 6.07) is 3.72. The van der Waals surface area contributed by atoms with Gasteiger partial charge in [-0.3, -0.25) is 4.98 Å². The number of thiazole rings is 1. The van der Waals surface area contributed by atoms with Crippen LogP contribution in [0.4, 0.5) is 22.2 Å². The maximum absolute atomic E-state index is 12.7. The van der Waals surface area contributed by atoms with E-state index in [1.807, 2.05) is 30.9 Å². The average Bonchev–Trinajstić information content (AvgIpc) is 3.11. The van der Waals surface area contributed by atoms with Crippen molar-refractivity contribution >= 4 is 45.2 Å². The quantitative estimate of drug-likeness (QED) is 0.681. The lowest BCUT2D eigenvalue weighted by molar-refractivity contribution is 0.200. The second-order valence-corrected chi connectivity index (χ2v) is 7.75. The molecule has 0 aliphatic carbocycles. The number of nitrogens with one attached hydrogen (secondary N) is 1. The molecule has 0 unspecified atom stereocenters. The van der Waals surface area contributed by atoms with Gasteiger partial charge in [0.05, 0.1) is 16.9 Å². The first kappa shape index (κ1) is 18.4. The van der Waals surface area contributed by atoms with Crippen LogP contribution in [0.25, 0.3) is 10.3 Å². The Morgan fingerprint density at radius 2 is 2.07 bits per heavy atom. The largest absolute Gasteiger partial charge is 0.368 e. The van der Waals surface area contributed by atoms with Crippen molar-refractivity contribution in [2.75, 3.05) is 35.6 Å². The van der Waals surface area contributed by atoms with E-state index in [1.165, 1.54) is 11.3 Å². The molecule has 146 valence electrons. The van der Waals surface area contributed by atoms with Crippen molar-refractivity contribution in [3.05, 3.63) is 29.0 Å². The van der Waals surface area contributed by atoms with E-state index in [0.717, 1.165) is 33.2 Å². The number of anilines is 3. The van der Waals surface area contributed by atoms with Crippen molar-refractivity contribution < 1.29 is 4.79 Å². The first-order valence-electron chi connectivity index (χ1n) is 9.06. The van der Waals surface area contributed by atoms with Crippen molar-refractivity contribution in [1.82, 2.24) is 24.8 Å². The van der Waals surface area contributed by atoms with E-state index in [1.54, 1.807) is 5.51 Å². The molecule has 0 radical (unpaired) electrons. The summed E-state index contributed by atoms with van der Waals surface area (Å²) in [5, 5.41) is 2.97. The first-order chi connectivity index (χ1) is 13.4. The lowest BCUT2D eigenvalue weighted by Gasteiger charge is -2.40. The standard InChI is InChI=1S/C18H22N8OS/c1-10-4-5-13(12(3)21-10)22-18(27)25-6-7-26(11(2)8-25)15-14-16(28-9-20-14)24-17(19)23-15/h4-5,9,11H,6-8H2,1-3H3,(H,22,27)(H2,19,23,24)/t11-/m0/s1. The smallest absolute Gasteiger partial charge is 0.322 e. The number of urea groups is 1. The third-order valence-corrected chi connectivity index (χ3v) is 5.57. The summed E-state index contributed by atoms with van der Waals surface area (Å²) in [4.78, 5) is 34.9. The monoisotopic (exact) mass is 398 g/mol. The van der Waals surface area contributed by atoms with Gasteiger partial charge >= 0.3 is 6.03 Å². The highest BCUT2D eigenvalue weighted by molar-refractivity contribution is 7.16. The van der Waals surface area contributed by atoms with Crippen LogP contribution < -0.4 is 16.0 Å². The van der Waals surface area contributed by atoms with Crippen LogP contribution in [0, 0.1) is 13.8 Å². The summed E-state index contributed by atoms with van der Waals surface area (Å²) in [6.45, 7) is 7.67. The van der Waals surface area contributed by atoms with E-state index >= 15 is 0 Å². The third-order valence-electron chi connectivity index (χ3n) is 4.85. The van der Waals surface area contributed by atoms with Crippen LogP contribution in [0.5, 0.6) is 0 Å². The maximum Gasteiger partial charge on any atom is 0.322 e. The van der Waals surface area contributed by atoms with Crippen molar-refractivity contribution in [2.45, 2.75) is 26.8 Å². The third kappa shape index (κ3) is 3.42. The Kier molecular flexibility index (Phi) is 4.71. The number of amides is 2. The highest BCUT2D eigenvalue weighted by Crippen LogP contribution is 2.28. The molecule has 0 bridgehead atoms. The molecule has 4 heterocycles. The van der Waals surface area contributed by atoms with Crippen molar-refractivity contribution in [3.8, 4) is 0 Å². The highest BCUT2D eigenvalue weighted by atomic mass is 32.1. The Labute approximate surface area is 166 Å². The van der Waals surface area contributed by atoms with Crippen molar-refractivity contribution in [1.29, 1.82) is 0 Å². The fourth-order valence-electron chi connectivity index (χ4n) is 3.43. The lowest BCUT2D eigenvalue weighted by Crippen LogP contribution is -2.55. The number of carbonyl (C=O) groups is 1. The molecular formula is C18H22N8OS. The molecule has 3 aromatic rings. The van der Waals surface area contributed by atoms with E-state index in [9.17, 15) is 4.79 Å². The number of hydrogen-bond acceptors (Lipinski definition) is 8. The van der Waals surface area contributed by atoms with Crippen LogP contribution in [0.2, 0.25) is 0 Å². The van der Waals surface area contributed by atoms with Crippen LogP contribution >= 0.6 is 11.3 Å². The van der Waals surface area contributed by atoms with Gasteiger partial charge in [-0.1, -0.05) is 0 Å². The molecule has 10 heteroatoms. The minimum atomic E-state index is -0.124. The molecule has 9 nitrogen and oxygen atoms in total. The Balaban J connectivity index is 1.49. The van der Waals surface area contributed by atoms with Gasteiger partial charge in [0.2, 0.25) is 5.95 Å². The Hall–Kier alpha value is -3.01. The van der Waals surface area contributed by atoms with Gasteiger partial charge in [0.15, 0.2) is 10.6 Å². The van der Waals surface area contributed by atoms with Crippen LogP contribution in [0.15, 0.2) is 17.6 Å². The summed E-state index contributed by atoms with van der Waals surface area (Å²) in [6.07, 6.45) is 0. The summed E-state index contributed by atoms with van der Waals surface area (Å²) in [5.41, 5.74) is 10.8. The minimum absolute atomic E-state index is 0.0657. The maximum atomic E-state index is 12.7. The molecule has 0 spiro atoms. The first-order valence-corrected chi connectivity index (χ1v) is 9.94. The fraction of sp³-hybridized carbons (Fsp3) is 0.389. The Morgan fingerprint density at radius 3 is 2.82 bits per heavy atom. The molecule has 3 aromatic heterocycles.